The van der Waals surface area contributed by atoms with Gasteiger partial charge in [-0.25, -0.2) is 10.9 Å². The summed E-state index contributed by atoms with van der Waals surface area (Å²) in [6, 6.07) is 8.03. The molecular weight excluding hydrogens is 336 g/mol. The number of halogens is 1. The fourth-order valence-corrected chi connectivity index (χ4v) is 3.85. The lowest BCUT2D eigenvalue weighted by atomic mass is 10.0. The van der Waals surface area contributed by atoms with E-state index in [9.17, 15) is 4.79 Å². The fraction of sp³-hybridized carbons (Fsp3) is 0.632. The molecular formula is C19H29ClN4O. The molecule has 2 aliphatic heterocycles. The minimum atomic E-state index is -0.192. The van der Waals surface area contributed by atoms with Gasteiger partial charge in [-0.2, -0.15) is 0 Å². The van der Waals surface area contributed by atoms with Crippen LogP contribution in [0.3, 0.4) is 0 Å². The molecule has 0 saturated carbocycles. The van der Waals surface area contributed by atoms with Gasteiger partial charge in [0.1, 0.15) is 6.04 Å². The monoisotopic (exact) mass is 364 g/mol. The van der Waals surface area contributed by atoms with Crippen molar-refractivity contribution < 1.29 is 4.79 Å². The predicted octanol–water partition coefficient (Wildman–Crippen LogP) is 2.63. The van der Waals surface area contributed by atoms with Gasteiger partial charge in [-0.1, -0.05) is 37.1 Å². The molecule has 25 heavy (non-hydrogen) atoms. The summed E-state index contributed by atoms with van der Waals surface area (Å²) in [7, 11) is 0. The van der Waals surface area contributed by atoms with E-state index in [1.807, 2.05) is 24.3 Å². The second kappa shape index (κ2) is 8.99. The number of nitrogens with zero attached hydrogens (tertiary/aromatic N) is 1. The third-order valence-corrected chi connectivity index (χ3v) is 5.47. The van der Waals surface area contributed by atoms with Crippen LogP contribution in [0.5, 0.6) is 0 Å². The molecule has 0 radical (unpaired) electrons. The van der Waals surface area contributed by atoms with Gasteiger partial charge >= 0.3 is 0 Å². The van der Waals surface area contributed by atoms with Crippen LogP contribution in [0.15, 0.2) is 24.3 Å². The molecule has 1 aromatic rings. The van der Waals surface area contributed by atoms with E-state index in [1.165, 1.54) is 19.4 Å². The molecule has 0 spiro atoms. The van der Waals surface area contributed by atoms with Crippen molar-refractivity contribution in [1.82, 2.24) is 21.1 Å². The average molecular weight is 365 g/mol. The average Bonchev–Trinajstić information content (AvgIpc) is 3.11. The van der Waals surface area contributed by atoms with Gasteiger partial charge in [-0.05, 0) is 49.9 Å². The van der Waals surface area contributed by atoms with E-state index in [0.29, 0.717) is 6.04 Å². The number of carbonyl (C=O) groups is 1. The topological polar surface area (TPSA) is 56.4 Å². The lowest BCUT2D eigenvalue weighted by Gasteiger charge is -2.32. The van der Waals surface area contributed by atoms with Crippen LogP contribution in [0.2, 0.25) is 5.02 Å². The van der Waals surface area contributed by atoms with Gasteiger partial charge in [0.25, 0.3) is 0 Å². The van der Waals surface area contributed by atoms with E-state index >= 15 is 0 Å². The van der Waals surface area contributed by atoms with Gasteiger partial charge in [0.15, 0.2) is 0 Å². The number of rotatable bonds is 6. The summed E-state index contributed by atoms with van der Waals surface area (Å²) >= 11 is 6.06. The third kappa shape index (κ3) is 5.17. The highest BCUT2D eigenvalue weighted by molar-refractivity contribution is 6.30. The van der Waals surface area contributed by atoms with Gasteiger partial charge in [-0.15, -0.1) is 0 Å². The zero-order valence-electron chi connectivity index (χ0n) is 14.9. The number of amides is 1. The van der Waals surface area contributed by atoms with E-state index in [0.717, 1.165) is 42.9 Å². The molecule has 1 amide bonds. The first-order valence-corrected chi connectivity index (χ1v) is 9.82. The quantitative estimate of drug-likeness (QED) is 0.726. The normalized spacial score (nSPS) is 25.2. The zero-order valence-corrected chi connectivity index (χ0v) is 15.7. The molecule has 2 unspecified atom stereocenters. The van der Waals surface area contributed by atoms with Gasteiger partial charge in [0.05, 0.1) is 0 Å². The molecule has 0 aliphatic carbocycles. The summed E-state index contributed by atoms with van der Waals surface area (Å²) in [5.74, 6) is 0.101. The number of hydrogen-bond acceptors (Lipinski definition) is 4. The highest BCUT2D eigenvalue weighted by Gasteiger charge is 2.31. The molecule has 2 fully saturated rings. The van der Waals surface area contributed by atoms with E-state index in [4.69, 9.17) is 11.6 Å². The highest BCUT2D eigenvalue weighted by Crippen LogP contribution is 2.24. The Bertz CT molecular complexity index is 574. The molecule has 0 aromatic heterocycles. The Hall–Kier alpha value is -1.14. The maximum absolute atomic E-state index is 12.6. The number of likely N-dealkylation sites (tertiary alicyclic amines) is 1. The van der Waals surface area contributed by atoms with Crippen molar-refractivity contribution in [3.8, 4) is 0 Å². The first kappa shape index (κ1) is 18.6. The van der Waals surface area contributed by atoms with E-state index in [2.05, 4.69) is 28.0 Å². The summed E-state index contributed by atoms with van der Waals surface area (Å²) in [4.78, 5) is 15.1. The standard InChI is InChI=1S/C19H29ClN4O/c1-2-3-9-24-10-7-16(8-11-24)21-19(25)18-13-17(22-23-18)14-5-4-6-15(20)12-14/h4-6,12,16-18,22-23H,2-3,7-11,13H2,1H3,(H,21,25). The van der Waals surface area contributed by atoms with Crippen LogP contribution in [-0.4, -0.2) is 42.5 Å². The number of unbranched alkanes of at least 4 members (excludes halogenated alkanes) is 1. The number of carbonyl (C=O) groups excluding carboxylic acids is 1. The molecule has 1 aromatic carbocycles. The Morgan fingerprint density at radius 2 is 2.12 bits per heavy atom. The molecule has 2 heterocycles. The Kier molecular flexibility index (Phi) is 6.70. The van der Waals surface area contributed by atoms with E-state index in [1.54, 1.807) is 0 Å². The molecule has 5 nitrogen and oxygen atoms in total. The second-order valence-electron chi connectivity index (χ2n) is 7.16. The number of benzene rings is 1. The van der Waals surface area contributed by atoms with Crippen LogP contribution in [0.1, 0.15) is 50.6 Å². The number of piperidine rings is 1. The van der Waals surface area contributed by atoms with Crippen LogP contribution in [-0.2, 0) is 4.79 Å². The number of hydrogen-bond donors (Lipinski definition) is 3. The number of hydrazine groups is 1. The molecule has 138 valence electrons. The van der Waals surface area contributed by atoms with Crippen LogP contribution in [0.25, 0.3) is 0 Å². The lowest BCUT2D eigenvalue weighted by molar-refractivity contribution is -0.123. The highest BCUT2D eigenvalue weighted by atomic mass is 35.5. The van der Waals surface area contributed by atoms with Crippen molar-refractivity contribution in [2.24, 2.45) is 0 Å². The summed E-state index contributed by atoms with van der Waals surface area (Å²) in [6.07, 6.45) is 5.34. The van der Waals surface area contributed by atoms with E-state index < -0.39 is 0 Å². The smallest absolute Gasteiger partial charge is 0.238 e. The minimum Gasteiger partial charge on any atom is -0.352 e. The van der Waals surface area contributed by atoms with Crippen LogP contribution in [0, 0.1) is 0 Å². The van der Waals surface area contributed by atoms with Crippen LogP contribution >= 0.6 is 11.6 Å². The van der Waals surface area contributed by atoms with Gasteiger partial charge < -0.3 is 10.2 Å². The van der Waals surface area contributed by atoms with Crippen LogP contribution < -0.4 is 16.2 Å². The Morgan fingerprint density at radius 3 is 2.84 bits per heavy atom. The SMILES string of the molecule is CCCCN1CCC(NC(=O)C2CC(c3cccc(Cl)c3)NN2)CC1. The van der Waals surface area contributed by atoms with Crippen molar-refractivity contribution in [2.75, 3.05) is 19.6 Å². The number of nitrogens with one attached hydrogen (secondary N) is 3. The van der Waals surface area contributed by atoms with Crippen molar-refractivity contribution in [1.29, 1.82) is 0 Å². The van der Waals surface area contributed by atoms with Crippen LogP contribution in [0.4, 0.5) is 0 Å². The molecule has 3 N–H and O–H groups in total. The van der Waals surface area contributed by atoms with Crippen molar-refractivity contribution in [3.63, 3.8) is 0 Å². The zero-order chi connectivity index (χ0) is 17.6. The predicted molar refractivity (Wildman–Crippen MR) is 101 cm³/mol. The Balaban J connectivity index is 1.44. The fourth-order valence-electron chi connectivity index (χ4n) is 3.65. The van der Waals surface area contributed by atoms with Crippen molar-refractivity contribution >= 4 is 17.5 Å². The molecule has 2 saturated heterocycles. The molecule has 6 heteroatoms. The second-order valence-corrected chi connectivity index (χ2v) is 7.60. The maximum Gasteiger partial charge on any atom is 0.238 e. The first-order chi connectivity index (χ1) is 12.2. The summed E-state index contributed by atoms with van der Waals surface area (Å²) in [5.41, 5.74) is 7.47. The van der Waals surface area contributed by atoms with Crippen molar-refractivity contribution in [3.05, 3.63) is 34.9 Å². The first-order valence-electron chi connectivity index (χ1n) is 9.45. The third-order valence-electron chi connectivity index (χ3n) is 5.23. The van der Waals surface area contributed by atoms with E-state index in [-0.39, 0.29) is 18.0 Å². The van der Waals surface area contributed by atoms with Crippen molar-refractivity contribution in [2.45, 2.75) is 57.2 Å². The molecule has 0 bridgehead atoms. The minimum absolute atomic E-state index is 0.101. The summed E-state index contributed by atoms with van der Waals surface area (Å²) < 4.78 is 0. The Labute approximate surface area is 155 Å². The van der Waals surface area contributed by atoms with Gasteiger partial charge in [0.2, 0.25) is 5.91 Å². The summed E-state index contributed by atoms with van der Waals surface area (Å²) in [5, 5.41) is 3.95. The molecule has 2 aliphatic rings. The van der Waals surface area contributed by atoms with Gasteiger partial charge in [-0.3, -0.25) is 4.79 Å². The molecule has 3 rings (SSSR count). The molecule has 2 atom stereocenters. The van der Waals surface area contributed by atoms with Gasteiger partial charge in [0, 0.05) is 30.2 Å². The maximum atomic E-state index is 12.6. The summed E-state index contributed by atoms with van der Waals surface area (Å²) in [6.45, 7) is 5.59. The Morgan fingerprint density at radius 1 is 1.32 bits per heavy atom. The lowest BCUT2D eigenvalue weighted by Crippen LogP contribution is -2.50. The largest absolute Gasteiger partial charge is 0.352 e.